The van der Waals surface area contributed by atoms with Crippen molar-refractivity contribution in [1.82, 2.24) is 9.44 Å². The molecular formula is C14H26N2O8S2. The first kappa shape index (κ1) is 24.5. The van der Waals surface area contributed by atoms with Crippen molar-refractivity contribution in [2.24, 2.45) is 0 Å². The van der Waals surface area contributed by atoms with Gasteiger partial charge in [0.1, 0.15) is 0 Å². The molecule has 12 heteroatoms. The molecule has 0 amide bonds. The minimum Gasteiger partial charge on any atom is -0.478 e. The predicted molar refractivity (Wildman–Crippen MR) is 95.6 cm³/mol. The number of hydrogen-bond acceptors (Lipinski definition) is 6. The Morgan fingerprint density at radius 1 is 0.769 bits per heavy atom. The minimum absolute atomic E-state index is 0.203. The fourth-order valence-electron chi connectivity index (χ4n) is 2.15. The topological polar surface area (TPSA) is 167 Å². The normalized spacial score (nSPS) is 15.8. The minimum atomic E-state index is -3.59. The van der Waals surface area contributed by atoms with Crippen LogP contribution in [0.1, 0.15) is 40.5 Å². The largest absolute Gasteiger partial charge is 0.478 e. The molecule has 0 spiro atoms. The van der Waals surface area contributed by atoms with Crippen LogP contribution in [0.25, 0.3) is 0 Å². The highest BCUT2D eigenvalue weighted by molar-refractivity contribution is 7.89. The molecule has 0 aliphatic rings. The molecule has 4 N–H and O–H groups in total. The van der Waals surface area contributed by atoms with E-state index in [1.807, 2.05) is 0 Å². The van der Waals surface area contributed by atoms with Gasteiger partial charge in [0.2, 0.25) is 20.0 Å². The van der Waals surface area contributed by atoms with Gasteiger partial charge < -0.3 is 10.2 Å². The standard InChI is InChI=1S/C14H26N2O8S2/c1-5-25(21,22)15-9(3)7-11(13(17)18)12(14(19)20)8-10(4)16-26(23,24)6-2/h9-10,15-16H,5-8H2,1-4H3,(H,17,18)(H,19,20)/t9-,10-/m1/s1. The van der Waals surface area contributed by atoms with E-state index in [1.54, 1.807) is 0 Å². The van der Waals surface area contributed by atoms with Crippen LogP contribution in [0, 0.1) is 0 Å². The number of carbonyl (C=O) groups is 2. The van der Waals surface area contributed by atoms with E-state index in [2.05, 4.69) is 9.44 Å². The molecule has 0 fully saturated rings. The van der Waals surface area contributed by atoms with Crippen molar-refractivity contribution in [1.29, 1.82) is 0 Å². The smallest absolute Gasteiger partial charge is 0.332 e. The number of carboxylic acids is 2. The molecular weight excluding hydrogens is 388 g/mol. The molecule has 0 unspecified atom stereocenters. The first-order chi connectivity index (χ1) is 11.7. The van der Waals surface area contributed by atoms with Gasteiger partial charge in [0.15, 0.2) is 0 Å². The maximum Gasteiger partial charge on any atom is 0.332 e. The fraction of sp³-hybridized carbons (Fsp3) is 0.714. The summed E-state index contributed by atoms with van der Waals surface area (Å²) < 4.78 is 50.8. The maximum absolute atomic E-state index is 11.6. The van der Waals surface area contributed by atoms with E-state index in [1.165, 1.54) is 27.7 Å². The Balaban J connectivity index is 5.62. The molecule has 0 aliphatic heterocycles. The summed E-state index contributed by atoms with van der Waals surface area (Å²) in [7, 11) is -7.18. The molecule has 0 rings (SSSR count). The molecule has 10 nitrogen and oxygen atoms in total. The molecule has 26 heavy (non-hydrogen) atoms. The number of rotatable bonds is 12. The van der Waals surface area contributed by atoms with Gasteiger partial charge >= 0.3 is 11.9 Å². The molecule has 0 aromatic heterocycles. The summed E-state index contributed by atoms with van der Waals surface area (Å²) >= 11 is 0. The second-order valence-electron chi connectivity index (χ2n) is 5.82. The Morgan fingerprint density at radius 3 is 1.23 bits per heavy atom. The van der Waals surface area contributed by atoms with Crippen LogP contribution in [0.3, 0.4) is 0 Å². The molecule has 152 valence electrons. The maximum atomic E-state index is 11.6. The molecule has 0 radical (unpaired) electrons. The third kappa shape index (κ3) is 8.74. The van der Waals surface area contributed by atoms with Gasteiger partial charge in [-0.2, -0.15) is 0 Å². The second-order valence-corrected chi connectivity index (χ2v) is 9.91. The molecule has 0 heterocycles. The van der Waals surface area contributed by atoms with Gasteiger partial charge in [-0.1, -0.05) is 0 Å². The monoisotopic (exact) mass is 414 g/mol. The Morgan fingerprint density at radius 2 is 1.04 bits per heavy atom. The molecule has 0 aliphatic carbocycles. The second kappa shape index (κ2) is 10.00. The van der Waals surface area contributed by atoms with Crippen LogP contribution in [-0.2, 0) is 29.6 Å². The summed E-state index contributed by atoms with van der Waals surface area (Å²) in [6, 6.07) is -1.69. The van der Waals surface area contributed by atoms with Gasteiger partial charge in [0.25, 0.3) is 0 Å². The SMILES string of the molecule is CCS(=O)(=O)N[C@H](C)CC(C(=O)O)=C(C[C@@H](C)NS(=O)(=O)CC)C(=O)O. The summed E-state index contributed by atoms with van der Waals surface area (Å²) in [5, 5.41) is 18.7. The van der Waals surface area contributed by atoms with Crippen molar-refractivity contribution in [2.45, 2.75) is 52.6 Å². The number of nitrogens with one attached hydrogen (secondary N) is 2. The van der Waals surface area contributed by atoms with E-state index in [-0.39, 0.29) is 24.3 Å². The quantitative estimate of drug-likeness (QED) is 0.321. The van der Waals surface area contributed by atoms with Crippen molar-refractivity contribution >= 4 is 32.0 Å². The average molecular weight is 415 g/mol. The number of aliphatic carboxylic acids is 2. The summed E-state index contributed by atoms with van der Waals surface area (Å²) in [5.74, 6) is -3.41. The molecule has 0 aromatic carbocycles. The third-order valence-electron chi connectivity index (χ3n) is 3.42. The molecule has 2 atom stereocenters. The molecule has 0 bridgehead atoms. The predicted octanol–water partition coefficient (Wildman–Crippen LogP) is -0.112. The Bertz CT molecular complexity index is 692. The summed E-state index contributed by atoms with van der Waals surface area (Å²) in [6.07, 6.45) is -0.715. The van der Waals surface area contributed by atoms with E-state index in [0.717, 1.165) is 0 Å². The highest BCUT2D eigenvalue weighted by Crippen LogP contribution is 2.18. The summed E-state index contributed by atoms with van der Waals surface area (Å²) in [4.78, 5) is 23.0. The van der Waals surface area contributed by atoms with Gasteiger partial charge in [-0.3, -0.25) is 0 Å². The van der Waals surface area contributed by atoms with Crippen LogP contribution in [0.2, 0.25) is 0 Å². The van der Waals surface area contributed by atoms with E-state index in [9.17, 15) is 36.6 Å². The Hall–Kier alpha value is -1.50. The van der Waals surface area contributed by atoms with E-state index in [4.69, 9.17) is 0 Å². The van der Waals surface area contributed by atoms with Gasteiger partial charge in [-0.05, 0) is 40.5 Å². The Kier molecular flexibility index (Phi) is 9.42. The third-order valence-corrected chi connectivity index (χ3v) is 6.47. The molecule has 0 saturated heterocycles. The molecule has 0 aromatic rings. The van der Waals surface area contributed by atoms with Crippen LogP contribution in [0.5, 0.6) is 0 Å². The van der Waals surface area contributed by atoms with Gasteiger partial charge in [0.05, 0.1) is 11.5 Å². The summed E-state index contributed by atoms with van der Waals surface area (Å²) in [6.45, 7) is 5.65. The van der Waals surface area contributed by atoms with Gasteiger partial charge in [0, 0.05) is 23.2 Å². The van der Waals surface area contributed by atoms with Crippen LogP contribution < -0.4 is 9.44 Å². The lowest BCUT2D eigenvalue weighted by Crippen LogP contribution is -2.36. The first-order valence-corrected chi connectivity index (χ1v) is 11.2. The zero-order valence-electron chi connectivity index (χ0n) is 15.1. The van der Waals surface area contributed by atoms with Crippen LogP contribution in [0.4, 0.5) is 0 Å². The van der Waals surface area contributed by atoms with Crippen molar-refractivity contribution in [3.63, 3.8) is 0 Å². The Labute approximate surface area is 153 Å². The zero-order chi connectivity index (χ0) is 20.7. The first-order valence-electron chi connectivity index (χ1n) is 7.93. The highest BCUT2D eigenvalue weighted by Gasteiger charge is 2.26. The number of carboxylic acid groups (broad SMARTS) is 2. The van der Waals surface area contributed by atoms with Crippen molar-refractivity contribution in [3.8, 4) is 0 Å². The zero-order valence-corrected chi connectivity index (χ0v) is 16.8. The van der Waals surface area contributed by atoms with Crippen LogP contribution in [0.15, 0.2) is 11.1 Å². The number of sulfonamides is 2. The van der Waals surface area contributed by atoms with E-state index >= 15 is 0 Å². The van der Waals surface area contributed by atoms with Crippen molar-refractivity contribution in [2.75, 3.05) is 11.5 Å². The lowest BCUT2D eigenvalue weighted by atomic mass is 9.97. The summed E-state index contributed by atoms with van der Waals surface area (Å²) in [5.41, 5.74) is -0.960. The van der Waals surface area contributed by atoms with Gasteiger partial charge in [-0.15, -0.1) is 0 Å². The molecule has 0 saturated carbocycles. The average Bonchev–Trinajstić information content (AvgIpc) is 2.49. The van der Waals surface area contributed by atoms with E-state index in [0.29, 0.717) is 0 Å². The number of hydrogen-bond donors (Lipinski definition) is 4. The van der Waals surface area contributed by atoms with E-state index < -0.39 is 55.2 Å². The fourth-order valence-corrected chi connectivity index (χ4v) is 3.88. The highest BCUT2D eigenvalue weighted by atomic mass is 32.2. The van der Waals surface area contributed by atoms with Crippen molar-refractivity contribution in [3.05, 3.63) is 11.1 Å². The van der Waals surface area contributed by atoms with Crippen LogP contribution >= 0.6 is 0 Å². The lowest BCUT2D eigenvalue weighted by molar-refractivity contribution is -0.136. The van der Waals surface area contributed by atoms with Gasteiger partial charge in [-0.25, -0.2) is 35.9 Å². The van der Waals surface area contributed by atoms with Crippen LogP contribution in [-0.4, -0.2) is 62.6 Å². The lowest BCUT2D eigenvalue weighted by Gasteiger charge is -2.18. The van der Waals surface area contributed by atoms with Crippen molar-refractivity contribution < 1.29 is 36.6 Å².